The summed E-state index contributed by atoms with van der Waals surface area (Å²) in [6, 6.07) is 9.91. The Hall–Kier alpha value is -5.20. The van der Waals surface area contributed by atoms with Crippen LogP contribution in [0.1, 0.15) is 23.8 Å². The largest absolute Gasteiger partial charge is 0.420 e. The summed E-state index contributed by atoms with van der Waals surface area (Å²) in [5.41, 5.74) is 7.91. The van der Waals surface area contributed by atoms with Gasteiger partial charge in [-0.15, -0.1) is 0 Å². The van der Waals surface area contributed by atoms with Crippen LogP contribution in [-0.4, -0.2) is 201 Å². The maximum Gasteiger partial charge on any atom is 0.350 e. The van der Waals surface area contributed by atoms with Crippen molar-refractivity contribution in [3.8, 4) is 11.8 Å². The summed E-state index contributed by atoms with van der Waals surface area (Å²) in [5.74, 6) is 0.661. The van der Waals surface area contributed by atoms with E-state index in [1.54, 1.807) is 24.3 Å². The number of carbonyl (C=O) groups excluding carboxylic acids is 1. The van der Waals surface area contributed by atoms with Gasteiger partial charge in [-0.05, 0) is 29.3 Å². The van der Waals surface area contributed by atoms with Crippen LogP contribution in [-0.2, 0) is 63.3 Å². The molecule has 2 aromatic carbocycles. The first-order valence-electron chi connectivity index (χ1n) is 24.3. The second-order valence-electron chi connectivity index (χ2n) is 16.8. The molecule has 4 aromatic rings. The van der Waals surface area contributed by atoms with Crippen molar-refractivity contribution in [1.29, 1.82) is 5.26 Å². The zero-order valence-corrected chi connectivity index (χ0v) is 44.0. The van der Waals surface area contributed by atoms with E-state index in [1.165, 1.54) is 22.1 Å². The highest BCUT2D eigenvalue weighted by atomic mass is 35.5. The summed E-state index contributed by atoms with van der Waals surface area (Å²) < 4.78 is 112. The van der Waals surface area contributed by atoms with Crippen LogP contribution in [0.4, 0.5) is 19.0 Å². The normalized spacial score (nSPS) is 16.7. The van der Waals surface area contributed by atoms with Crippen LogP contribution >= 0.6 is 19.2 Å². The average Bonchev–Trinajstić information content (AvgIpc) is 4.16. The molecule has 4 atom stereocenters. The fourth-order valence-corrected chi connectivity index (χ4v) is 7.56. The van der Waals surface area contributed by atoms with Crippen LogP contribution in [0.15, 0.2) is 54.5 Å². The van der Waals surface area contributed by atoms with E-state index in [0.29, 0.717) is 100 Å². The number of carbonyl (C=O) groups is 1. The third-order valence-corrected chi connectivity index (χ3v) is 11.4. The van der Waals surface area contributed by atoms with E-state index < -0.39 is 74.3 Å². The maximum atomic E-state index is 13.6. The average molecular weight is 1150 g/mol. The van der Waals surface area contributed by atoms with E-state index in [0.717, 1.165) is 5.56 Å². The molecule has 0 amide bonds. The summed E-state index contributed by atoms with van der Waals surface area (Å²) in [7, 11) is -4.48. The van der Waals surface area contributed by atoms with Crippen molar-refractivity contribution in [3.63, 3.8) is 0 Å². The molecule has 1 saturated heterocycles. The van der Waals surface area contributed by atoms with Gasteiger partial charge in [-0.2, -0.15) is 20.3 Å². The second-order valence-corrected chi connectivity index (χ2v) is 18.7. The van der Waals surface area contributed by atoms with Crippen molar-refractivity contribution >= 4 is 42.0 Å². The Balaban J connectivity index is 0.877. The highest BCUT2D eigenvalue weighted by Crippen LogP contribution is 2.37. The summed E-state index contributed by atoms with van der Waals surface area (Å²) in [6.45, 7) is 4.51. The number of rotatable bonds is 39. The van der Waals surface area contributed by atoms with Gasteiger partial charge in [0.1, 0.15) is 36.3 Å². The monoisotopic (exact) mass is 1150 g/mol. The molecule has 0 spiro atoms. The minimum atomic E-state index is -4.48. The lowest BCUT2D eigenvalue weighted by molar-refractivity contribution is -0.136. The molecule has 1 aliphatic heterocycles. The van der Waals surface area contributed by atoms with Gasteiger partial charge in [0.25, 0.3) is 0 Å². The quantitative estimate of drug-likeness (QED) is 0.00703. The first-order chi connectivity index (χ1) is 37.5. The molecule has 432 valence electrons. The number of hydrazine groups is 1. The molecule has 5 rings (SSSR count). The summed E-state index contributed by atoms with van der Waals surface area (Å²) >= 11 is 6.44. The summed E-state index contributed by atoms with van der Waals surface area (Å²) in [4.78, 5) is 40.7. The molecule has 3 heterocycles. The molecular weight excluding hydrogens is 1090 g/mol. The number of hydrogen-bond donors (Lipinski definition) is 6. The Morgan fingerprint density at radius 2 is 1.36 bits per heavy atom. The van der Waals surface area contributed by atoms with Crippen LogP contribution in [0.25, 0.3) is 11.0 Å². The number of nitrogens with zero attached hydrogens (tertiary/aromatic N) is 7. The van der Waals surface area contributed by atoms with Crippen LogP contribution in [0.3, 0.4) is 0 Å². The van der Waals surface area contributed by atoms with Crippen molar-refractivity contribution in [3.05, 3.63) is 88.4 Å². The molecule has 0 radical (unpaired) electrons. The number of nitrogens with two attached hydrogens (primary N) is 2. The highest BCUT2D eigenvalue weighted by Gasteiger charge is 2.45. The van der Waals surface area contributed by atoms with Gasteiger partial charge in [-0.25, -0.2) is 23.7 Å². The first-order valence-corrected chi connectivity index (χ1v) is 26.4. The topological polar surface area (TPSA) is 342 Å². The number of aliphatic hydroxyl groups excluding tert-OH is 2. The second kappa shape index (κ2) is 34.1. The Labute approximate surface area is 451 Å². The zero-order chi connectivity index (χ0) is 56.3. The number of ether oxygens (including phenoxy) is 11. The van der Waals surface area contributed by atoms with Gasteiger partial charge in [0.05, 0.1) is 154 Å². The smallest absolute Gasteiger partial charge is 0.350 e. The van der Waals surface area contributed by atoms with Crippen LogP contribution in [0.5, 0.6) is 5.75 Å². The van der Waals surface area contributed by atoms with E-state index in [1.807, 2.05) is 4.90 Å². The Bertz CT molecular complexity index is 2550. The summed E-state index contributed by atoms with van der Waals surface area (Å²) in [5, 5.41) is 36.9. The number of fused-ring (bicyclic) bond motifs is 1. The number of esters is 1. The fourth-order valence-electron chi connectivity index (χ4n) is 7.05. The van der Waals surface area contributed by atoms with E-state index >= 15 is 0 Å². The number of aromatic nitrogens is 4. The van der Waals surface area contributed by atoms with Crippen molar-refractivity contribution in [2.45, 2.75) is 37.5 Å². The lowest BCUT2D eigenvalue weighted by Gasteiger charge is -2.25. The Kier molecular flexibility index (Phi) is 27.8. The van der Waals surface area contributed by atoms with Crippen molar-refractivity contribution in [2.24, 2.45) is 11.6 Å². The van der Waals surface area contributed by atoms with Crippen LogP contribution in [0.2, 0.25) is 5.28 Å². The molecular formula is C47H64ClF3N9O17P. The number of hydrogen-bond acceptors (Lipinski definition) is 23. The molecule has 0 bridgehead atoms. The zero-order valence-electron chi connectivity index (χ0n) is 42.3. The Morgan fingerprint density at radius 1 is 0.808 bits per heavy atom. The van der Waals surface area contributed by atoms with Gasteiger partial charge >= 0.3 is 13.6 Å². The molecule has 2 aromatic heterocycles. The molecule has 0 unspecified atom stereocenters. The molecule has 8 N–H and O–H groups in total. The molecule has 31 heteroatoms. The number of anilines is 1. The lowest BCUT2D eigenvalue weighted by Crippen LogP contribution is -2.34. The van der Waals surface area contributed by atoms with Gasteiger partial charge in [0, 0.05) is 31.4 Å². The third kappa shape index (κ3) is 22.5. The molecule has 26 nitrogen and oxygen atoms in total. The van der Waals surface area contributed by atoms with Gasteiger partial charge in [0.2, 0.25) is 11.0 Å². The third-order valence-electron chi connectivity index (χ3n) is 10.7. The van der Waals surface area contributed by atoms with Crippen molar-refractivity contribution in [1.82, 2.24) is 24.8 Å². The van der Waals surface area contributed by atoms with Gasteiger partial charge in [-0.3, -0.25) is 9.36 Å². The van der Waals surface area contributed by atoms with Gasteiger partial charge < -0.3 is 87.7 Å². The molecule has 0 aliphatic carbocycles. The SMILES string of the molecule is N#Cc1ccc(CN(CCOCCOCCOCCOC/C(N)=C/N(N)CCOCCOCCOCCOCCC(=O)Oc2c(F)cc(F)cc2F)c2nc(Cl)nc3c2cnn3[C@@H]2O[C@H](COCP(=O)(O)O)[C@@H](O)[C@H]2O)cc1. The predicted octanol–water partition coefficient (Wildman–Crippen LogP) is 1.65. The number of nitriles is 1. The van der Waals surface area contributed by atoms with Gasteiger partial charge in [0.15, 0.2) is 23.5 Å². The highest BCUT2D eigenvalue weighted by molar-refractivity contribution is 7.51. The van der Waals surface area contributed by atoms with Crippen molar-refractivity contribution in [2.75, 3.05) is 137 Å². The minimum Gasteiger partial charge on any atom is -0.420 e. The van der Waals surface area contributed by atoms with E-state index in [4.69, 9.17) is 80.3 Å². The number of benzene rings is 2. The molecule has 0 saturated carbocycles. The molecule has 1 aliphatic rings. The van der Waals surface area contributed by atoms with E-state index in [-0.39, 0.29) is 76.8 Å². The maximum absolute atomic E-state index is 13.6. The molecule has 78 heavy (non-hydrogen) atoms. The van der Waals surface area contributed by atoms with Crippen LogP contribution in [0, 0.1) is 28.8 Å². The molecule has 1 fully saturated rings. The standard InChI is InChI=1S/C47H64ClF3N9O17P/c48-47-56-44(36-26-55-60(45(36)57-47)46-42(63)41(62)39(76-46)30-75-31-78(64,65)66)58(27-33-3-1-32(25-52)2-4-33)6-9-68-12-15-71-19-20-73-21-22-74-29-35(53)28-59(54)7-10-69-13-16-72-18-17-70-14-11-67-8-5-40(61)77-43-37(50)23-34(49)24-38(43)51/h1-4,23-24,26,28,39,41-42,46,62-63H,5-22,27,29-31,53-54H2,(H2,64,65,66)/b35-28-/t39-,41-,42-,46-/m1/s1. The summed E-state index contributed by atoms with van der Waals surface area (Å²) in [6.07, 6.45) is -3.57. The van der Waals surface area contributed by atoms with Crippen LogP contribution < -0.4 is 21.2 Å². The predicted molar refractivity (Wildman–Crippen MR) is 268 cm³/mol. The fraction of sp³-hybridized carbons (Fsp3) is 0.553. The lowest BCUT2D eigenvalue weighted by atomic mass is 10.1. The van der Waals surface area contributed by atoms with E-state index in [2.05, 4.69) is 25.9 Å². The Morgan fingerprint density at radius 3 is 1.94 bits per heavy atom. The first kappa shape index (κ1) is 63.6. The van der Waals surface area contributed by atoms with E-state index in [9.17, 15) is 38.0 Å². The number of halogens is 4. The van der Waals surface area contributed by atoms with Crippen molar-refractivity contribution < 1.29 is 94.6 Å². The number of aliphatic hydroxyl groups is 2. The van der Waals surface area contributed by atoms with Gasteiger partial charge in [-0.1, -0.05) is 12.1 Å². The minimum absolute atomic E-state index is 0.0728.